The molecule has 1 aliphatic carbocycles. The average molecular weight is 440 g/mol. The van der Waals surface area contributed by atoms with E-state index in [0.717, 1.165) is 0 Å². The van der Waals surface area contributed by atoms with E-state index in [-0.39, 0.29) is 55.1 Å². The highest BCUT2D eigenvalue weighted by Crippen LogP contribution is 2.43. The van der Waals surface area contributed by atoms with Crippen molar-refractivity contribution in [2.24, 2.45) is 11.3 Å². The summed E-state index contributed by atoms with van der Waals surface area (Å²) >= 11 is 0. The van der Waals surface area contributed by atoms with E-state index >= 15 is 0 Å². The Balaban J connectivity index is 1.89. The number of para-hydroxylation sites is 1. The normalized spacial score (nSPS) is 17.3. The van der Waals surface area contributed by atoms with Crippen molar-refractivity contribution in [2.75, 3.05) is 13.2 Å². The summed E-state index contributed by atoms with van der Waals surface area (Å²) < 4.78 is 42.2. The summed E-state index contributed by atoms with van der Waals surface area (Å²) in [6.07, 6.45) is -0.608. The predicted octanol–water partition coefficient (Wildman–Crippen LogP) is 2.47. The van der Waals surface area contributed by atoms with E-state index in [9.17, 15) is 22.8 Å². The van der Waals surface area contributed by atoms with E-state index in [1.54, 1.807) is 20.8 Å². The van der Waals surface area contributed by atoms with E-state index in [2.05, 4.69) is 15.7 Å². The first kappa shape index (κ1) is 23.1. The van der Waals surface area contributed by atoms with Crippen molar-refractivity contribution in [3.63, 3.8) is 0 Å². The molecule has 1 aromatic heterocycles. The number of carbonyl (C=O) groups is 2. The van der Waals surface area contributed by atoms with Crippen LogP contribution in [0.1, 0.15) is 44.1 Å². The molecule has 0 unspecified atom stereocenters. The molecule has 1 heterocycles. The van der Waals surface area contributed by atoms with Gasteiger partial charge in [-0.15, -0.1) is 0 Å². The SMILES string of the molecule is CC(C)(C)[C@H](NC(=O)c1nn(CC2CC(F)(F)C2)c2c(F)cccc12)C(=O)NCCO. The van der Waals surface area contributed by atoms with E-state index in [1.165, 1.54) is 22.9 Å². The van der Waals surface area contributed by atoms with Crippen LogP contribution >= 0.6 is 0 Å². The number of alkyl halides is 2. The van der Waals surface area contributed by atoms with Crippen LogP contribution in [0.3, 0.4) is 0 Å². The van der Waals surface area contributed by atoms with Gasteiger partial charge in [0.2, 0.25) is 11.8 Å². The lowest BCUT2D eigenvalue weighted by Crippen LogP contribution is -2.54. The molecular formula is C21H27F3N4O3. The third kappa shape index (κ3) is 5.00. The van der Waals surface area contributed by atoms with Crippen LogP contribution in [0.4, 0.5) is 13.2 Å². The first-order valence-electron chi connectivity index (χ1n) is 10.2. The molecule has 2 amide bonds. The second-order valence-corrected chi connectivity index (χ2v) is 9.08. The Hall–Kier alpha value is -2.62. The smallest absolute Gasteiger partial charge is 0.273 e. The number of aromatic nitrogens is 2. The van der Waals surface area contributed by atoms with Crippen LogP contribution in [-0.4, -0.2) is 51.8 Å². The number of aliphatic hydroxyl groups is 1. The van der Waals surface area contributed by atoms with Crippen molar-refractivity contribution < 1.29 is 27.9 Å². The largest absolute Gasteiger partial charge is 0.395 e. The third-order valence-corrected chi connectivity index (χ3v) is 5.36. The fraction of sp³-hybridized carbons (Fsp3) is 0.571. The van der Waals surface area contributed by atoms with Gasteiger partial charge in [-0.25, -0.2) is 13.2 Å². The molecule has 0 saturated heterocycles. The monoisotopic (exact) mass is 440 g/mol. The molecule has 170 valence electrons. The van der Waals surface area contributed by atoms with Gasteiger partial charge in [0.05, 0.1) is 6.61 Å². The van der Waals surface area contributed by atoms with Gasteiger partial charge in [0.1, 0.15) is 17.4 Å². The Labute approximate surface area is 178 Å². The quantitative estimate of drug-likeness (QED) is 0.616. The van der Waals surface area contributed by atoms with Gasteiger partial charge in [0, 0.05) is 31.3 Å². The minimum atomic E-state index is -2.71. The summed E-state index contributed by atoms with van der Waals surface area (Å²) in [7, 11) is 0. The van der Waals surface area contributed by atoms with Gasteiger partial charge in [-0.05, 0) is 17.4 Å². The Kier molecular flexibility index (Phi) is 6.31. The highest BCUT2D eigenvalue weighted by atomic mass is 19.3. The van der Waals surface area contributed by atoms with Crippen LogP contribution in [0, 0.1) is 17.2 Å². The maximum Gasteiger partial charge on any atom is 0.273 e. The molecule has 2 aromatic rings. The van der Waals surface area contributed by atoms with Crippen LogP contribution in [0.25, 0.3) is 10.9 Å². The number of aliphatic hydroxyl groups excluding tert-OH is 1. The molecule has 0 bridgehead atoms. The van der Waals surface area contributed by atoms with Crippen molar-refractivity contribution in [1.29, 1.82) is 0 Å². The number of hydrogen-bond donors (Lipinski definition) is 3. The summed E-state index contributed by atoms with van der Waals surface area (Å²) in [5.74, 6) is -4.83. The van der Waals surface area contributed by atoms with Gasteiger partial charge in [-0.1, -0.05) is 32.9 Å². The first-order valence-corrected chi connectivity index (χ1v) is 10.2. The minimum absolute atomic E-state index is 0.0378. The molecule has 0 radical (unpaired) electrons. The number of nitrogens with one attached hydrogen (secondary N) is 2. The van der Waals surface area contributed by atoms with Crippen LogP contribution in [0.5, 0.6) is 0 Å². The summed E-state index contributed by atoms with van der Waals surface area (Å²) in [6, 6.07) is 3.25. The van der Waals surface area contributed by atoms with Gasteiger partial charge in [-0.3, -0.25) is 14.3 Å². The van der Waals surface area contributed by atoms with Crippen molar-refractivity contribution >= 4 is 22.7 Å². The standard InChI is InChI=1S/C21H27F3N4O3/c1-20(2,3)17(19(31)25-7-8-29)26-18(30)15-13-5-4-6-14(22)16(13)28(27-15)11-12-9-21(23,24)10-12/h4-6,12,17,29H,7-11H2,1-3H3,(H,25,31)(H,26,30)/t17-/m1/s1. The van der Waals surface area contributed by atoms with Crippen molar-refractivity contribution in [2.45, 2.75) is 52.1 Å². The average Bonchev–Trinajstić information content (AvgIpc) is 3.01. The number of carbonyl (C=O) groups excluding carboxylic acids is 2. The molecule has 10 heteroatoms. The molecule has 0 aliphatic heterocycles. The van der Waals surface area contributed by atoms with E-state index in [4.69, 9.17) is 5.11 Å². The lowest BCUT2D eigenvalue weighted by atomic mass is 9.81. The first-order chi connectivity index (χ1) is 14.4. The maximum atomic E-state index is 14.5. The number of nitrogens with zero attached hydrogens (tertiary/aromatic N) is 2. The predicted molar refractivity (Wildman–Crippen MR) is 108 cm³/mol. The van der Waals surface area contributed by atoms with Crippen LogP contribution < -0.4 is 10.6 Å². The summed E-state index contributed by atoms with van der Waals surface area (Å²) in [6.45, 7) is 5.16. The Morgan fingerprint density at radius 1 is 1.32 bits per heavy atom. The van der Waals surface area contributed by atoms with Gasteiger partial charge >= 0.3 is 0 Å². The lowest BCUT2D eigenvalue weighted by molar-refractivity contribution is -0.125. The Morgan fingerprint density at radius 2 is 2.00 bits per heavy atom. The van der Waals surface area contributed by atoms with Gasteiger partial charge in [0.25, 0.3) is 5.91 Å². The van der Waals surface area contributed by atoms with Gasteiger partial charge in [-0.2, -0.15) is 5.10 Å². The number of fused-ring (bicyclic) bond motifs is 1. The number of hydrogen-bond acceptors (Lipinski definition) is 4. The van der Waals surface area contributed by atoms with Crippen LogP contribution in [0.2, 0.25) is 0 Å². The summed E-state index contributed by atoms with van der Waals surface area (Å²) in [4.78, 5) is 25.5. The second kappa shape index (κ2) is 8.49. The van der Waals surface area contributed by atoms with Crippen molar-refractivity contribution in [1.82, 2.24) is 20.4 Å². The second-order valence-electron chi connectivity index (χ2n) is 9.08. The molecule has 1 aliphatic rings. The molecule has 3 N–H and O–H groups in total. The number of rotatable bonds is 7. The molecule has 3 rings (SSSR count). The zero-order valence-electron chi connectivity index (χ0n) is 17.7. The maximum absolute atomic E-state index is 14.5. The van der Waals surface area contributed by atoms with Gasteiger partial charge in [0.15, 0.2) is 5.69 Å². The Morgan fingerprint density at radius 3 is 2.58 bits per heavy atom. The van der Waals surface area contributed by atoms with Crippen LogP contribution in [0.15, 0.2) is 18.2 Å². The molecule has 1 atom stereocenters. The number of benzene rings is 1. The Bertz CT molecular complexity index is 976. The van der Waals surface area contributed by atoms with Crippen molar-refractivity contribution in [3.05, 3.63) is 29.7 Å². The summed E-state index contributed by atoms with van der Waals surface area (Å²) in [5, 5.41) is 18.6. The fourth-order valence-corrected chi connectivity index (χ4v) is 3.81. The molecule has 1 saturated carbocycles. The highest BCUT2D eigenvalue weighted by Gasteiger charge is 2.45. The fourth-order valence-electron chi connectivity index (χ4n) is 3.81. The number of halogens is 3. The lowest BCUT2D eigenvalue weighted by Gasteiger charge is -2.34. The zero-order valence-corrected chi connectivity index (χ0v) is 17.7. The van der Waals surface area contributed by atoms with Crippen molar-refractivity contribution in [3.8, 4) is 0 Å². The van der Waals surface area contributed by atoms with E-state index in [1.807, 2.05) is 0 Å². The van der Waals surface area contributed by atoms with E-state index in [0.29, 0.717) is 0 Å². The molecular weight excluding hydrogens is 413 g/mol. The molecule has 1 fully saturated rings. The molecule has 7 nitrogen and oxygen atoms in total. The zero-order chi connectivity index (χ0) is 23.0. The van der Waals surface area contributed by atoms with Crippen LogP contribution in [-0.2, 0) is 11.3 Å². The van der Waals surface area contributed by atoms with E-state index < -0.39 is 35.0 Å². The molecule has 0 spiro atoms. The number of amides is 2. The summed E-state index contributed by atoms with van der Waals surface area (Å²) in [5.41, 5.74) is -0.666. The van der Waals surface area contributed by atoms with Gasteiger partial charge < -0.3 is 15.7 Å². The molecule has 31 heavy (non-hydrogen) atoms. The minimum Gasteiger partial charge on any atom is -0.395 e. The third-order valence-electron chi connectivity index (χ3n) is 5.36. The highest BCUT2D eigenvalue weighted by molar-refractivity contribution is 6.06. The molecule has 1 aromatic carbocycles. The topological polar surface area (TPSA) is 96.2 Å².